The van der Waals surface area contributed by atoms with Crippen molar-refractivity contribution >= 4 is 22.6 Å². The summed E-state index contributed by atoms with van der Waals surface area (Å²) in [6.45, 7) is 2.09. The standard InChI is InChI=1S/C20H17F3N2O3/c1-2-9-25(19(27)28)13-8-7-12-10-17(24-18(26)15(12)11-13)14-5-3-4-6-16(14)20(21,22)23/h3-8,10-11H,2,9H2,1H3,(H,24,26)(H,27,28). The molecule has 146 valence electrons. The lowest BCUT2D eigenvalue weighted by Gasteiger charge is -2.19. The van der Waals surface area contributed by atoms with Gasteiger partial charge >= 0.3 is 12.3 Å². The highest BCUT2D eigenvalue weighted by atomic mass is 19.4. The fourth-order valence-electron chi connectivity index (χ4n) is 3.08. The van der Waals surface area contributed by atoms with E-state index < -0.39 is 23.4 Å². The average molecular weight is 390 g/mol. The summed E-state index contributed by atoms with van der Waals surface area (Å²) in [6.07, 6.45) is -5.11. The molecule has 3 rings (SSSR count). The minimum Gasteiger partial charge on any atom is -0.465 e. The predicted molar refractivity (Wildman–Crippen MR) is 101 cm³/mol. The summed E-state index contributed by atoms with van der Waals surface area (Å²) in [5.74, 6) is 0. The van der Waals surface area contributed by atoms with Gasteiger partial charge < -0.3 is 10.1 Å². The Morgan fingerprint density at radius 2 is 1.86 bits per heavy atom. The molecule has 0 aliphatic heterocycles. The van der Waals surface area contributed by atoms with Crippen LogP contribution in [-0.4, -0.2) is 22.7 Å². The second-order valence-electron chi connectivity index (χ2n) is 6.26. The molecule has 2 aromatic carbocycles. The van der Waals surface area contributed by atoms with Gasteiger partial charge in [0, 0.05) is 28.9 Å². The fraction of sp³-hybridized carbons (Fsp3) is 0.200. The largest absolute Gasteiger partial charge is 0.465 e. The highest BCUT2D eigenvalue weighted by molar-refractivity contribution is 5.93. The quantitative estimate of drug-likeness (QED) is 0.650. The first kappa shape index (κ1) is 19.5. The number of amides is 1. The molecule has 8 heteroatoms. The van der Waals surface area contributed by atoms with Gasteiger partial charge in [-0.15, -0.1) is 0 Å². The molecule has 1 aromatic heterocycles. The van der Waals surface area contributed by atoms with Gasteiger partial charge in [-0.25, -0.2) is 4.79 Å². The van der Waals surface area contributed by atoms with Crippen LogP contribution in [0, 0.1) is 0 Å². The van der Waals surface area contributed by atoms with Crippen LogP contribution in [0.25, 0.3) is 22.0 Å². The summed E-state index contributed by atoms with van der Waals surface area (Å²) in [5.41, 5.74) is -1.19. The number of hydrogen-bond donors (Lipinski definition) is 2. The molecular weight excluding hydrogens is 373 g/mol. The summed E-state index contributed by atoms with van der Waals surface area (Å²) in [6, 6.07) is 10.9. The number of H-pyrrole nitrogens is 1. The molecule has 1 amide bonds. The number of nitrogens with one attached hydrogen (secondary N) is 1. The maximum Gasteiger partial charge on any atom is 0.417 e. The number of hydrogen-bond acceptors (Lipinski definition) is 2. The minimum absolute atomic E-state index is 0.0434. The number of alkyl halides is 3. The maximum atomic E-state index is 13.3. The molecule has 0 atom stereocenters. The smallest absolute Gasteiger partial charge is 0.417 e. The predicted octanol–water partition coefficient (Wildman–Crippen LogP) is 5.11. The van der Waals surface area contributed by atoms with Crippen LogP contribution in [0.1, 0.15) is 18.9 Å². The molecule has 28 heavy (non-hydrogen) atoms. The number of benzene rings is 2. The lowest BCUT2D eigenvalue weighted by molar-refractivity contribution is -0.137. The highest BCUT2D eigenvalue weighted by Gasteiger charge is 2.33. The van der Waals surface area contributed by atoms with E-state index in [4.69, 9.17) is 0 Å². The van der Waals surface area contributed by atoms with Crippen molar-refractivity contribution in [1.29, 1.82) is 0 Å². The maximum absolute atomic E-state index is 13.3. The highest BCUT2D eigenvalue weighted by Crippen LogP contribution is 2.36. The number of rotatable bonds is 4. The topological polar surface area (TPSA) is 73.4 Å². The van der Waals surface area contributed by atoms with Crippen LogP contribution in [-0.2, 0) is 6.18 Å². The summed E-state index contributed by atoms with van der Waals surface area (Å²) >= 11 is 0. The molecule has 0 radical (unpaired) electrons. The van der Waals surface area contributed by atoms with Crippen molar-refractivity contribution in [2.24, 2.45) is 0 Å². The van der Waals surface area contributed by atoms with E-state index in [0.717, 1.165) is 11.0 Å². The Bertz CT molecular complexity index is 1090. The molecule has 1 heterocycles. The van der Waals surface area contributed by atoms with Crippen molar-refractivity contribution in [2.45, 2.75) is 19.5 Å². The summed E-state index contributed by atoms with van der Waals surface area (Å²) in [5, 5.41) is 9.95. The van der Waals surface area contributed by atoms with Crippen molar-refractivity contribution in [3.63, 3.8) is 0 Å². The van der Waals surface area contributed by atoms with Crippen molar-refractivity contribution in [3.8, 4) is 11.3 Å². The molecule has 0 saturated carbocycles. The number of fused-ring (bicyclic) bond motifs is 1. The number of carboxylic acid groups (broad SMARTS) is 1. The van der Waals surface area contributed by atoms with E-state index >= 15 is 0 Å². The first-order chi connectivity index (χ1) is 13.2. The molecule has 0 fully saturated rings. The number of aromatic amines is 1. The van der Waals surface area contributed by atoms with E-state index in [0.29, 0.717) is 17.5 Å². The minimum atomic E-state index is -4.56. The fourth-order valence-corrected chi connectivity index (χ4v) is 3.08. The first-order valence-electron chi connectivity index (χ1n) is 8.56. The zero-order chi connectivity index (χ0) is 20.5. The number of aromatic nitrogens is 1. The third-order valence-electron chi connectivity index (χ3n) is 4.34. The Hall–Kier alpha value is -3.29. The van der Waals surface area contributed by atoms with Crippen LogP contribution in [0.5, 0.6) is 0 Å². The molecule has 0 bridgehead atoms. The van der Waals surface area contributed by atoms with E-state index in [1.807, 2.05) is 6.92 Å². The third-order valence-corrected chi connectivity index (χ3v) is 4.34. The van der Waals surface area contributed by atoms with Gasteiger partial charge in [0.2, 0.25) is 0 Å². The Balaban J connectivity index is 2.15. The molecule has 0 saturated heterocycles. The first-order valence-corrected chi connectivity index (χ1v) is 8.56. The lowest BCUT2D eigenvalue weighted by Crippen LogP contribution is -2.30. The third kappa shape index (κ3) is 3.71. The van der Waals surface area contributed by atoms with Gasteiger partial charge in [-0.1, -0.05) is 31.2 Å². The Morgan fingerprint density at radius 1 is 1.14 bits per heavy atom. The van der Waals surface area contributed by atoms with Gasteiger partial charge in [-0.2, -0.15) is 13.2 Å². The van der Waals surface area contributed by atoms with Crippen LogP contribution in [0.4, 0.5) is 23.7 Å². The van der Waals surface area contributed by atoms with Crippen LogP contribution in [0.15, 0.2) is 53.3 Å². The molecule has 2 N–H and O–H groups in total. The van der Waals surface area contributed by atoms with E-state index in [1.54, 1.807) is 0 Å². The molecular formula is C20H17F3N2O3. The van der Waals surface area contributed by atoms with Gasteiger partial charge in [0.1, 0.15) is 0 Å². The number of carbonyl (C=O) groups is 1. The second kappa shape index (κ2) is 7.38. The van der Waals surface area contributed by atoms with Crippen molar-refractivity contribution < 1.29 is 23.1 Å². The molecule has 0 aliphatic rings. The number of halogens is 3. The van der Waals surface area contributed by atoms with Crippen molar-refractivity contribution in [2.75, 3.05) is 11.4 Å². The molecule has 5 nitrogen and oxygen atoms in total. The summed E-state index contributed by atoms with van der Waals surface area (Å²) in [7, 11) is 0. The van der Waals surface area contributed by atoms with Gasteiger partial charge in [-0.3, -0.25) is 9.69 Å². The lowest BCUT2D eigenvalue weighted by atomic mass is 10.0. The van der Waals surface area contributed by atoms with E-state index in [9.17, 15) is 27.9 Å². The zero-order valence-electron chi connectivity index (χ0n) is 14.9. The molecule has 0 spiro atoms. The van der Waals surface area contributed by atoms with Crippen LogP contribution in [0.3, 0.4) is 0 Å². The molecule has 0 aliphatic carbocycles. The Morgan fingerprint density at radius 3 is 2.50 bits per heavy atom. The van der Waals surface area contributed by atoms with Gasteiger partial charge in [0.25, 0.3) is 5.56 Å². The second-order valence-corrected chi connectivity index (χ2v) is 6.26. The van der Waals surface area contributed by atoms with E-state index in [2.05, 4.69) is 4.98 Å². The summed E-state index contributed by atoms with van der Waals surface area (Å²) < 4.78 is 39.9. The number of pyridine rings is 1. The number of nitrogens with zero attached hydrogens (tertiary/aromatic N) is 1. The Labute approximate surface area is 158 Å². The van der Waals surface area contributed by atoms with Crippen LogP contribution in [0.2, 0.25) is 0 Å². The van der Waals surface area contributed by atoms with Gasteiger partial charge in [-0.05, 0) is 36.1 Å². The number of anilines is 1. The van der Waals surface area contributed by atoms with Crippen molar-refractivity contribution in [3.05, 3.63) is 64.4 Å². The average Bonchev–Trinajstić information content (AvgIpc) is 2.65. The Kier molecular flexibility index (Phi) is 5.13. The van der Waals surface area contributed by atoms with Crippen LogP contribution >= 0.6 is 0 Å². The molecule has 3 aromatic rings. The van der Waals surface area contributed by atoms with Crippen molar-refractivity contribution in [1.82, 2.24) is 4.98 Å². The van der Waals surface area contributed by atoms with E-state index in [-0.39, 0.29) is 23.2 Å². The van der Waals surface area contributed by atoms with E-state index in [1.165, 1.54) is 42.5 Å². The summed E-state index contributed by atoms with van der Waals surface area (Å²) in [4.78, 5) is 27.6. The zero-order valence-corrected chi connectivity index (χ0v) is 14.9. The monoisotopic (exact) mass is 390 g/mol. The SMILES string of the molecule is CCCN(C(=O)O)c1ccc2cc(-c3ccccc3C(F)(F)F)[nH]c(=O)c2c1. The normalized spacial score (nSPS) is 11.6. The van der Waals surface area contributed by atoms with Gasteiger partial charge in [0.15, 0.2) is 0 Å². The van der Waals surface area contributed by atoms with Crippen LogP contribution < -0.4 is 10.5 Å². The van der Waals surface area contributed by atoms with Gasteiger partial charge in [0.05, 0.1) is 5.56 Å². The molecule has 0 unspecified atom stereocenters.